The summed E-state index contributed by atoms with van der Waals surface area (Å²) in [6, 6.07) is 8.01. The van der Waals surface area contributed by atoms with E-state index in [1.54, 1.807) is 12.1 Å². The number of nitrogens with one attached hydrogen (secondary N) is 2. The van der Waals surface area contributed by atoms with Crippen LogP contribution in [0.25, 0.3) is 0 Å². The van der Waals surface area contributed by atoms with E-state index in [2.05, 4.69) is 20.1 Å². The molecule has 0 aliphatic rings. The average Bonchev–Trinajstić information content (AvgIpc) is 2.75. The van der Waals surface area contributed by atoms with Crippen LogP contribution < -0.4 is 10.6 Å². The summed E-state index contributed by atoms with van der Waals surface area (Å²) in [6.07, 6.45) is 0.161. The van der Waals surface area contributed by atoms with Gasteiger partial charge in [-0.3, -0.25) is 4.79 Å². The molecule has 2 amide bonds. The number of amides is 2. The van der Waals surface area contributed by atoms with E-state index in [9.17, 15) is 24.3 Å². The Morgan fingerprint density at radius 1 is 1.10 bits per heavy atom. The molecule has 1 aromatic carbocycles. The van der Waals surface area contributed by atoms with Gasteiger partial charge in [0.05, 0.1) is 26.7 Å². The Morgan fingerprint density at radius 2 is 1.80 bits per heavy atom. The summed E-state index contributed by atoms with van der Waals surface area (Å²) in [4.78, 5) is 46.5. The summed E-state index contributed by atoms with van der Waals surface area (Å²) in [5, 5.41) is 14.7. The van der Waals surface area contributed by atoms with Gasteiger partial charge >= 0.3 is 18.0 Å². The van der Waals surface area contributed by atoms with Crippen LogP contribution in [0.5, 0.6) is 0 Å². The van der Waals surface area contributed by atoms with Gasteiger partial charge in [-0.05, 0) is 12.0 Å². The molecule has 0 spiro atoms. The van der Waals surface area contributed by atoms with Crippen molar-refractivity contribution in [2.24, 2.45) is 0 Å². The van der Waals surface area contributed by atoms with Gasteiger partial charge in [-0.1, -0.05) is 36.4 Å². The summed E-state index contributed by atoms with van der Waals surface area (Å²) < 4.78 is 14.0. The van der Waals surface area contributed by atoms with Crippen molar-refractivity contribution in [1.29, 1.82) is 0 Å². The number of aliphatic hydroxyl groups is 1. The highest BCUT2D eigenvalue weighted by atomic mass is 16.5. The molecule has 0 saturated heterocycles. The van der Waals surface area contributed by atoms with Gasteiger partial charge in [-0.2, -0.15) is 0 Å². The second-order valence-corrected chi connectivity index (χ2v) is 6.11. The quantitative estimate of drug-likeness (QED) is 0.265. The molecule has 1 rings (SSSR count). The third kappa shape index (κ3) is 10.2. The monoisotopic (exact) mass is 422 g/mol. The molecule has 1 aromatic rings. The Hall–Kier alpha value is -3.40. The lowest BCUT2D eigenvalue weighted by atomic mass is 10.1. The molecule has 0 heterocycles. The first-order valence-corrected chi connectivity index (χ1v) is 9.10. The summed E-state index contributed by atoms with van der Waals surface area (Å²) >= 11 is 0. The van der Waals surface area contributed by atoms with Crippen LogP contribution in [0.15, 0.2) is 42.5 Å². The molecule has 0 aromatic heterocycles. The highest BCUT2D eigenvalue weighted by Crippen LogP contribution is 2.02. The number of esters is 2. The van der Waals surface area contributed by atoms with Crippen LogP contribution in [0, 0.1) is 0 Å². The van der Waals surface area contributed by atoms with E-state index in [-0.39, 0.29) is 26.0 Å². The molecular formula is C20H26N2O8. The first kappa shape index (κ1) is 24.6. The van der Waals surface area contributed by atoms with Gasteiger partial charge in [0.15, 0.2) is 0 Å². The van der Waals surface area contributed by atoms with Gasteiger partial charge in [0.1, 0.15) is 12.6 Å². The van der Waals surface area contributed by atoms with Crippen molar-refractivity contribution in [1.82, 2.24) is 10.6 Å². The highest BCUT2D eigenvalue weighted by molar-refractivity contribution is 5.85. The fourth-order valence-corrected chi connectivity index (χ4v) is 2.24. The maximum Gasteiger partial charge on any atom is 0.407 e. The number of ether oxygens (including phenoxy) is 3. The van der Waals surface area contributed by atoms with Crippen LogP contribution in [0.3, 0.4) is 0 Å². The predicted octanol–water partition coefficient (Wildman–Crippen LogP) is 0.441. The lowest BCUT2D eigenvalue weighted by Crippen LogP contribution is -2.43. The van der Waals surface area contributed by atoms with Crippen molar-refractivity contribution in [2.75, 3.05) is 20.8 Å². The van der Waals surface area contributed by atoms with Crippen LogP contribution >= 0.6 is 0 Å². The number of benzene rings is 1. The molecule has 2 atom stereocenters. The SMILES string of the molecule is COC(=O)/C=C/C[C@H](NC(=O)C[C@@H](O)CNC(=O)OCc1ccccc1)C(=O)OC. The Bertz CT molecular complexity index is 736. The predicted molar refractivity (Wildman–Crippen MR) is 105 cm³/mol. The fraction of sp³-hybridized carbons (Fsp3) is 0.400. The van der Waals surface area contributed by atoms with E-state index < -0.39 is 36.1 Å². The molecule has 10 nitrogen and oxygen atoms in total. The van der Waals surface area contributed by atoms with E-state index in [0.29, 0.717) is 0 Å². The largest absolute Gasteiger partial charge is 0.467 e. The Morgan fingerprint density at radius 3 is 2.43 bits per heavy atom. The first-order chi connectivity index (χ1) is 14.3. The third-order valence-corrected chi connectivity index (χ3v) is 3.76. The summed E-state index contributed by atoms with van der Waals surface area (Å²) in [7, 11) is 2.37. The van der Waals surface area contributed by atoms with Gasteiger partial charge in [-0.15, -0.1) is 0 Å². The number of alkyl carbamates (subject to hydrolysis) is 1. The van der Waals surface area contributed by atoms with E-state index in [1.165, 1.54) is 13.2 Å². The standard InChI is InChI=1S/C20H26N2O8/c1-28-18(25)10-6-9-16(19(26)29-2)22-17(24)11-15(23)12-21-20(27)30-13-14-7-4-3-5-8-14/h3-8,10,15-16,23H,9,11-13H2,1-2H3,(H,21,27)(H,22,24)/b10-6+/t15-,16+/m1/s1. The molecule has 0 bridgehead atoms. The molecular weight excluding hydrogens is 396 g/mol. The summed E-state index contributed by atoms with van der Waals surface area (Å²) in [6.45, 7) is -0.144. The van der Waals surface area contributed by atoms with Crippen molar-refractivity contribution in [3.63, 3.8) is 0 Å². The van der Waals surface area contributed by atoms with E-state index in [4.69, 9.17) is 4.74 Å². The zero-order valence-corrected chi connectivity index (χ0v) is 16.8. The number of carbonyl (C=O) groups is 4. The second kappa shape index (κ2) is 13.7. The van der Waals surface area contributed by atoms with Crippen LogP contribution in [-0.4, -0.2) is 62.0 Å². The van der Waals surface area contributed by atoms with Gasteiger partial charge in [0.25, 0.3) is 0 Å². The average molecular weight is 422 g/mol. The van der Waals surface area contributed by atoms with Gasteiger partial charge < -0.3 is 30.0 Å². The Labute approximate surface area is 174 Å². The van der Waals surface area contributed by atoms with Gasteiger partial charge in [0.2, 0.25) is 5.91 Å². The number of carbonyl (C=O) groups excluding carboxylic acids is 4. The Kier molecular flexibility index (Phi) is 11.3. The fourth-order valence-electron chi connectivity index (χ4n) is 2.24. The number of rotatable bonds is 11. The maximum absolute atomic E-state index is 12.1. The number of methoxy groups -OCH3 is 2. The summed E-state index contributed by atoms with van der Waals surface area (Å²) in [5.74, 6) is -1.95. The topological polar surface area (TPSA) is 140 Å². The zero-order valence-electron chi connectivity index (χ0n) is 16.8. The van der Waals surface area contributed by atoms with Crippen molar-refractivity contribution in [2.45, 2.75) is 31.6 Å². The lowest BCUT2D eigenvalue weighted by Gasteiger charge is -2.17. The minimum atomic E-state index is -1.20. The number of hydrogen-bond donors (Lipinski definition) is 3. The normalized spacial score (nSPS) is 12.5. The highest BCUT2D eigenvalue weighted by Gasteiger charge is 2.22. The summed E-state index contributed by atoms with van der Waals surface area (Å²) in [5.41, 5.74) is 0.808. The molecule has 0 aliphatic carbocycles. The first-order valence-electron chi connectivity index (χ1n) is 9.10. The van der Waals surface area contributed by atoms with Crippen LogP contribution in [0.1, 0.15) is 18.4 Å². The molecule has 0 aliphatic heterocycles. The molecule has 0 radical (unpaired) electrons. The van der Waals surface area contributed by atoms with Crippen LogP contribution in [-0.2, 0) is 35.2 Å². The van der Waals surface area contributed by atoms with Crippen molar-refractivity contribution < 1.29 is 38.5 Å². The molecule has 0 saturated carbocycles. The van der Waals surface area contributed by atoms with Crippen molar-refractivity contribution in [3.8, 4) is 0 Å². The van der Waals surface area contributed by atoms with E-state index in [1.807, 2.05) is 18.2 Å². The third-order valence-electron chi connectivity index (χ3n) is 3.76. The van der Waals surface area contributed by atoms with Crippen molar-refractivity contribution in [3.05, 3.63) is 48.0 Å². The minimum Gasteiger partial charge on any atom is -0.467 e. The number of aliphatic hydroxyl groups excluding tert-OH is 1. The zero-order chi connectivity index (χ0) is 22.4. The lowest BCUT2D eigenvalue weighted by molar-refractivity contribution is -0.145. The van der Waals surface area contributed by atoms with Crippen LogP contribution in [0.4, 0.5) is 4.79 Å². The molecule has 10 heteroatoms. The molecule has 0 unspecified atom stereocenters. The minimum absolute atomic E-state index is 0.00628. The van der Waals surface area contributed by atoms with Crippen molar-refractivity contribution >= 4 is 23.9 Å². The number of hydrogen-bond acceptors (Lipinski definition) is 8. The Balaban J connectivity index is 2.39. The van der Waals surface area contributed by atoms with Gasteiger partial charge in [-0.25, -0.2) is 14.4 Å². The van der Waals surface area contributed by atoms with E-state index in [0.717, 1.165) is 18.7 Å². The van der Waals surface area contributed by atoms with Crippen LogP contribution in [0.2, 0.25) is 0 Å². The molecule has 30 heavy (non-hydrogen) atoms. The second-order valence-electron chi connectivity index (χ2n) is 6.11. The van der Waals surface area contributed by atoms with E-state index >= 15 is 0 Å². The van der Waals surface area contributed by atoms with Gasteiger partial charge in [0, 0.05) is 12.6 Å². The molecule has 0 fully saturated rings. The molecule has 3 N–H and O–H groups in total. The maximum atomic E-state index is 12.1. The molecule has 164 valence electrons. The smallest absolute Gasteiger partial charge is 0.407 e.